The Kier molecular flexibility index (Phi) is 4.53. The van der Waals surface area contributed by atoms with Crippen molar-refractivity contribution in [2.75, 3.05) is 0 Å². The van der Waals surface area contributed by atoms with Gasteiger partial charge in [0.05, 0.1) is 10.6 Å². The number of thiophene rings is 1. The smallest absolute Gasteiger partial charge is 0.186 e. The van der Waals surface area contributed by atoms with E-state index in [1.54, 1.807) is 29.9 Å². The Morgan fingerprint density at radius 2 is 1.89 bits per heavy atom. The lowest BCUT2D eigenvalue weighted by molar-refractivity contribution is 0.628. The minimum absolute atomic E-state index is 0.180. The summed E-state index contributed by atoms with van der Waals surface area (Å²) in [6.07, 6.45) is 0. The Morgan fingerprint density at radius 3 is 2.63 bits per heavy atom. The second-order valence-electron chi connectivity index (χ2n) is 6.09. The predicted molar refractivity (Wildman–Crippen MR) is 105 cm³/mol. The lowest BCUT2D eigenvalue weighted by Gasteiger charge is -2.02. The van der Waals surface area contributed by atoms with Crippen LogP contribution in [-0.2, 0) is 7.05 Å². The van der Waals surface area contributed by atoms with E-state index in [-0.39, 0.29) is 22.2 Å². The van der Waals surface area contributed by atoms with Gasteiger partial charge in [-0.15, -0.1) is 11.3 Å². The molecule has 2 aromatic heterocycles. The second kappa shape index (κ2) is 6.87. The van der Waals surface area contributed by atoms with Crippen LogP contribution in [-0.4, -0.2) is 14.8 Å². The summed E-state index contributed by atoms with van der Waals surface area (Å²) in [5, 5.41) is 6.55. The second-order valence-corrected chi connectivity index (χ2v) is 7.38. The summed E-state index contributed by atoms with van der Waals surface area (Å²) in [5.41, 5.74) is 2.82. The molecule has 0 fully saturated rings. The number of aromatic nitrogens is 3. The van der Waals surface area contributed by atoms with Crippen molar-refractivity contribution in [3.8, 4) is 33.2 Å². The predicted octanol–water partition coefficient (Wildman–Crippen LogP) is 6.12. The van der Waals surface area contributed by atoms with Crippen LogP contribution < -0.4 is 0 Å². The minimum atomic E-state index is -0.470. The standard InChI is InChI=1S/C20H14ClF2N3S/c1-11-14(10-27-18(11)12-5-3-6-13(22)9-12)20-24-19(25-26(20)2)17-15(21)7-4-8-16(17)23/h3-10H,1-2H3. The molecule has 0 N–H and O–H groups in total. The van der Waals surface area contributed by atoms with Crippen molar-refractivity contribution >= 4 is 22.9 Å². The van der Waals surface area contributed by atoms with Gasteiger partial charge >= 0.3 is 0 Å². The van der Waals surface area contributed by atoms with Crippen molar-refractivity contribution in [2.45, 2.75) is 6.92 Å². The third-order valence-electron chi connectivity index (χ3n) is 4.32. The number of aryl methyl sites for hydroxylation is 1. The van der Waals surface area contributed by atoms with E-state index < -0.39 is 5.82 Å². The Balaban J connectivity index is 1.81. The molecule has 0 saturated carbocycles. The topological polar surface area (TPSA) is 30.7 Å². The molecular weight excluding hydrogens is 388 g/mol. The molecule has 0 unspecified atom stereocenters. The number of nitrogens with zero attached hydrogens (tertiary/aromatic N) is 3. The van der Waals surface area contributed by atoms with Crippen LogP contribution in [0.15, 0.2) is 47.8 Å². The third kappa shape index (κ3) is 3.15. The van der Waals surface area contributed by atoms with Crippen molar-refractivity contribution in [3.05, 3.63) is 70.1 Å². The van der Waals surface area contributed by atoms with E-state index in [1.165, 1.54) is 29.5 Å². The van der Waals surface area contributed by atoms with E-state index in [2.05, 4.69) is 10.1 Å². The van der Waals surface area contributed by atoms with Gasteiger partial charge in [0.2, 0.25) is 0 Å². The van der Waals surface area contributed by atoms with Gasteiger partial charge in [0.15, 0.2) is 11.6 Å². The average molecular weight is 402 g/mol. The summed E-state index contributed by atoms with van der Waals surface area (Å²) in [6.45, 7) is 1.95. The molecule has 7 heteroatoms. The molecule has 4 rings (SSSR count). The Bertz CT molecular complexity index is 1130. The SMILES string of the molecule is Cc1c(-c2nc(-c3c(F)cccc3Cl)nn2C)csc1-c1cccc(F)c1. The van der Waals surface area contributed by atoms with Crippen molar-refractivity contribution in [2.24, 2.45) is 7.05 Å². The molecule has 0 aliphatic rings. The maximum Gasteiger partial charge on any atom is 0.186 e. The fourth-order valence-corrected chi connectivity index (χ4v) is 4.30. The zero-order valence-corrected chi connectivity index (χ0v) is 16.1. The van der Waals surface area contributed by atoms with Crippen LogP contribution in [0.2, 0.25) is 5.02 Å². The highest BCUT2D eigenvalue weighted by Gasteiger charge is 2.20. The van der Waals surface area contributed by atoms with E-state index in [1.807, 2.05) is 18.4 Å². The fourth-order valence-electron chi connectivity index (χ4n) is 2.99. The molecule has 136 valence electrons. The van der Waals surface area contributed by atoms with Gasteiger partial charge in [0.1, 0.15) is 11.6 Å². The number of halogens is 3. The van der Waals surface area contributed by atoms with E-state index in [0.29, 0.717) is 5.82 Å². The average Bonchev–Trinajstić information content (AvgIpc) is 3.17. The monoisotopic (exact) mass is 401 g/mol. The van der Waals surface area contributed by atoms with Crippen LogP contribution in [0.3, 0.4) is 0 Å². The van der Waals surface area contributed by atoms with Crippen molar-refractivity contribution in [3.63, 3.8) is 0 Å². The molecule has 0 aliphatic carbocycles. The Hall–Kier alpha value is -2.57. The zero-order valence-electron chi connectivity index (χ0n) is 14.5. The first-order chi connectivity index (χ1) is 13.0. The largest absolute Gasteiger partial charge is 0.248 e. The van der Waals surface area contributed by atoms with Gasteiger partial charge in [0, 0.05) is 22.9 Å². The molecule has 3 nitrogen and oxygen atoms in total. The number of hydrogen-bond acceptors (Lipinski definition) is 3. The van der Waals surface area contributed by atoms with Crippen LogP contribution in [0.4, 0.5) is 8.78 Å². The van der Waals surface area contributed by atoms with Gasteiger partial charge in [-0.25, -0.2) is 18.4 Å². The highest BCUT2D eigenvalue weighted by molar-refractivity contribution is 7.14. The molecule has 0 saturated heterocycles. The maximum atomic E-state index is 14.2. The highest BCUT2D eigenvalue weighted by Crippen LogP contribution is 2.38. The number of benzene rings is 2. The first-order valence-corrected chi connectivity index (χ1v) is 9.41. The number of hydrogen-bond donors (Lipinski definition) is 0. The molecule has 2 aromatic carbocycles. The van der Waals surface area contributed by atoms with Gasteiger partial charge < -0.3 is 0 Å². The first kappa shape index (κ1) is 17.8. The third-order valence-corrected chi connectivity index (χ3v) is 5.76. The summed E-state index contributed by atoms with van der Waals surface area (Å²) in [6, 6.07) is 10.9. The zero-order chi connectivity index (χ0) is 19.1. The fraction of sp³-hybridized carbons (Fsp3) is 0.100. The highest BCUT2D eigenvalue weighted by atomic mass is 35.5. The summed E-state index contributed by atoms with van der Waals surface area (Å²) in [7, 11) is 1.75. The van der Waals surface area contributed by atoms with Crippen molar-refractivity contribution in [1.82, 2.24) is 14.8 Å². The van der Waals surface area contributed by atoms with E-state index in [4.69, 9.17) is 11.6 Å². The maximum absolute atomic E-state index is 14.2. The van der Waals surface area contributed by atoms with Crippen LogP contribution >= 0.6 is 22.9 Å². The lowest BCUT2D eigenvalue weighted by Crippen LogP contribution is -1.95. The van der Waals surface area contributed by atoms with Crippen molar-refractivity contribution < 1.29 is 8.78 Å². The first-order valence-electron chi connectivity index (χ1n) is 8.15. The van der Waals surface area contributed by atoms with E-state index in [0.717, 1.165) is 21.6 Å². The summed E-state index contributed by atoms with van der Waals surface area (Å²) < 4.78 is 29.4. The van der Waals surface area contributed by atoms with Crippen LogP contribution in [0.25, 0.3) is 33.2 Å². The Morgan fingerprint density at radius 1 is 1.11 bits per heavy atom. The van der Waals surface area contributed by atoms with Crippen molar-refractivity contribution in [1.29, 1.82) is 0 Å². The number of rotatable bonds is 3. The lowest BCUT2D eigenvalue weighted by atomic mass is 10.1. The molecule has 0 atom stereocenters. The minimum Gasteiger partial charge on any atom is -0.248 e. The summed E-state index contributed by atoms with van der Waals surface area (Å²) >= 11 is 7.64. The normalized spacial score (nSPS) is 11.1. The van der Waals surface area contributed by atoms with Gasteiger partial charge in [-0.05, 0) is 42.3 Å². The molecule has 0 aliphatic heterocycles. The molecule has 0 spiro atoms. The van der Waals surface area contributed by atoms with Crippen LogP contribution in [0.5, 0.6) is 0 Å². The van der Waals surface area contributed by atoms with Gasteiger partial charge in [-0.3, -0.25) is 0 Å². The summed E-state index contributed by atoms with van der Waals surface area (Å²) in [5.74, 6) is 0.0772. The molecule has 0 amide bonds. The molecular formula is C20H14ClF2N3S. The van der Waals surface area contributed by atoms with Crippen LogP contribution in [0, 0.1) is 18.6 Å². The molecule has 2 heterocycles. The Labute approximate surface area is 163 Å². The van der Waals surface area contributed by atoms with Gasteiger partial charge in [-0.1, -0.05) is 29.8 Å². The molecule has 4 aromatic rings. The molecule has 0 radical (unpaired) electrons. The van der Waals surface area contributed by atoms with E-state index >= 15 is 0 Å². The summed E-state index contributed by atoms with van der Waals surface area (Å²) in [4.78, 5) is 5.47. The van der Waals surface area contributed by atoms with E-state index in [9.17, 15) is 8.78 Å². The van der Waals surface area contributed by atoms with Gasteiger partial charge in [-0.2, -0.15) is 5.10 Å². The molecule has 0 bridgehead atoms. The molecule has 27 heavy (non-hydrogen) atoms. The van der Waals surface area contributed by atoms with Crippen LogP contribution in [0.1, 0.15) is 5.56 Å². The quantitative estimate of drug-likeness (QED) is 0.414. The van der Waals surface area contributed by atoms with Gasteiger partial charge in [0.25, 0.3) is 0 Å².